The molecule has 164 valence electrons. The molecule has 2 aromatic heterocycles. The number of nitrogens with one attached hydrogen (secondary N) is 1. The standard InChI is InChI=1S/C24H31N5O2/c1-17(2)26-21(30)15-29-19-9-5-12-25-22(19)28-13-6-10-20(28)24(29)11-14-27(16-24)23(31)18-7-3-4-8-18/h5-6,9-10,12-13,17-18H,3-4,7-8,11,14-16H2,1-2H3,(H,26,30)/t24-/m1/s1. The first-order valence-corrected chi connectivity index (χ1v) is 11.5. The van der Waals surface area contributed by atoms with Gasteiger partial charge in [0.05, 0.1) is 17.9 Å². The van der Waals surface area contributed by atoms with E-state index in [1.807, 2.05) is 43.1 Å². The van der Waals surface area contributed by atoms with Crippen LogP contribution in [0.15, 0.2) is 36.7 Å². The zero-order chi connectivity index (χ0) is 21.6. The van der Waals surface area contributed by atoms with E-state index in [9.17, 15) is 9.59 Å². The van der Waals surface area contributed by atoms with Crippen LogP contribution in [0.25, 0.3) is 5.82 Å². The number of aromatic nitrogens is 2. The Morgan fingerprint density at radius 3 is 2.81 bits per heavy atom. The van der Waals surface area contributed by atoms with E-state index < -0.39 is 5.54 Å². The van der Waals surface area contributed by atoms with Crippen molar-refractivity contribution in [2.45, 2.75) is 57.5 Å². The summed E-state index contributed by atoms with van der Waals surface area (Å²) in [7, 11) is 0. The van der Waals surface area contributed by atoms with Crippen molar-refractivity contribution >= 4 is 17.5 Å². The van der Waals surface area contributed by atoms with Gasteiger partial charge in [-0.3, -0.25) is 9.59 Å². The van der Waals surface area contributed by atoms with Crippen LogP contribution in [0, 0.1) is 5.92 Å². The van der Waals surface area contributed by atoms with Gasteiger partial charge in [0.1, 0.15) is 5.54 Å². The van der Waals surface area contributed by atoms with Gasteiger partial charge in [-0.2, -0.15) is 0 Å². The monoisotopic (exact) mass is 421 g/mol. The van der Waals surface area contributed by atoms with Gasteiger partial charge in [0.2, 0.25) is 11.8 Å². The van der Waals surface area contributed by atoms with E-state index in [1.165, 1.54) is 0 Å². The number of nitrogens with zero attached hydrogens (tertiary/aromatic N) is 4. The summed E-state index contributed by atoms with van der Waals surface area (Å²) < 4.78 is 2.13. The Morgan fingerprint density at radius 2 is 2.03 bits per heavy atom. The summed E-state index contributed by atoms with van der Waals surface area (Å²) in [5, 5.41) is 3.04. The smallest absolute Gasteiger partial charge is 0.239 e. The predicted molar refractivity (Wildman–Crippen MR) is 119 cm³/mol. The van der Waals surface area contributed by atoms with E-state index in [-0.39, 0.29) is 30.3 Å². The summed E-state index contributed by atoms with van der Waals surface area (Å²) in [5.41, 5.74) is 1.63. The van der Waals surface area contributed by atoms with E-state index >= 15 is 0 Å². The molecule has 0 aromatic carbocycles. The summed E-state index contributed by atoms with van der Waals surface area (Å²) in [6, 6.07) is 8.19. The van der Waals surface area contributed by atoms with Crippen molar-refractivity contribution in [3.8, 4) is 5.82 Å². The van der Waals surface area contributed by atoms with Crippen LogP contribution in [0.3, 0.4) is 0 Å². The SMILES string of the molecule is CC(C)NC(=O)CN1c2cccnc2-n2cccc2[C@]12CCN(C(=O)C1CCCC1)C2. The van der Waals surface area contributed by atoms with Crippen molar-refractivity contribution in [2.24, 2.45) is 5.92 Å². The molecule has 0 radical (unpaired) electrons. The van der Waals surface area contributed by atoms with Crippen molar-refractivity contribution in [3.63, 3.8) is 0 Å². The van der Waals surface area contributed by atoms with Gasteiger partial charge in [-0.15, -0.1) is 0 Å². The van der Waals surface area contributed by atoms with Crippen LogP contribution in [0.5, 0.6) is 0 Å². The minimum atomic E-state index is -0.428. The molecular weight excluding hydrogens is 390 g/mol. The van der Waals surface area contributed by atoms with Crippen molar-refractivity contribution < 1.29 is 9.59 Å². The van der Waals surface area contributed by atoms with Gasteiger partial charge in [0.15, 0.2) is 5.82 Å². The normalized spacial score (nSPS) is 22.8. The van der Waals surface area contributed by atoms with Crippen LogP contribution < -0.4 is 10.2 Å². The fourth-order valence-corrected chi connectivity index (χ4v) is 5.69. The first-order valence-electron chi connectivity index (χ1n) is 11.5. The van der Waals surface area contributed by atoms with Gasteiger partial charge in [0, 0.05) is 37.4 Å². The molecule has 0 bridgehead atoms. The average molecular weight is 422 g/mol. The van der Waals surface area contributed by atoms with Gasteiger partial charge in [-0.05, 0) is 57.4 Å². The highest BCUT2D eigenvalue weighted by molar-refractivity contribution is 5.84. The molecule has 2 aliphatic heterocycles. The Labute approximate surface area is 183 Å². The lowest BCUT2D eigenvalue weighted by atomic mass is 9.88. The third-order valence-corrected chi connectivity index (χ3v) is 7.04. The van der Waals surface area contributed by atoms with E-state index in [0.29, 0.717) is 6.54 Å². The van der Waals surface area contributed by atoms with Crippen molar-refractivity contribution in [2.75, 3.05) is 24.5 Å². The van der Waals surface area contributed by atoms with Crippen LogP contribution in [0.2, 0.25) is 0 Å². The number of hydrogen-bond acceptors (Lipinski definition) is 4. The molecule has 7 nitrogen and oxygen atoms in total. The highest BCUT2D eigenvalue weighted by Crippen LogP contribution is 2.47. The second-order valence-electron chi connectivity index (χ2n) is 9.44. The first kappa shape index (κ1) is 20.1. The molecule has 31 heavy (non-hydrogen) atoms. The zero-order valence-electron chi connectivity index (χ0n) is 18.4. The minimum Gasteiger partial charge on any atom is -0.352 e. The number of carbonyl (C=O) groups is 2. The highest BCUT2D eigenvalue weighted by Gasteiger charge is 2.51. The van der Waals surface area contributed by atoms with Crippen LogP contribution >= 0.6 is 0 Å². The summed E-state index contributed by atoms with van der Waals surface area (Å²) >= 11 is 0. The van der Waals surface area contributed by atoms with E-state index in [0.717, 1.165) is 55.8 Å². The van der Waals surface area contributed by atoms with Crippen LogP contribution in [-0.4, -0.2) is 51.9 Å². The van der Waals surface area contributed by atoms with Gasteiger partial charge < -0.3 is 19.7 Å². The summed E-state index contributed by atoms with van der Waals surface area (Å²) in [4.78, 5) is 35.0. The fraction of sp³-hybridized carbons (Fsp3) is 0.542. The lowest BCUT2D eigenvalue weighted by molar-refractivity contribution is -0.134. The number of likely N-dealkylation sites (tertiary alicyclic amines) is 1. The predicted octanol–water partition coefficient (Wildman–Crippen LogP) is 2.83. The van der Waals surface area contributed by atoms with E-state index in [1.54, 1.807) is 6.20 Å². The van der Waals surface area contributed by atoms with E-state index in [2.05, 4.69) is 25.8 Å². The van der Waals surface area contributed by atoms with E-state index in [4.69, 9.17) is 0 Å². The number of pyridine rings is 1. The second kappa shape index (κ2) is 7.70. The first-order chi connectivity index (χ1) is 15.0. The maximum atomic E-state index is 13.3. The summed E-state index contributed by atoms with van der Waals surface area (Å²) in [5.74, 6) is 1.28. The number of hydrogen-bond donors (Lipinski definition) is 1. The number of carbonyl (C=O) groups excluding carboxylic acids is 2. The van der Waals surface area contributed by atoms with Gasteiger partial charge in [-0.1, -0.05) is 12.8 Å². The molecule has 7 heteroatoms. The van der Waals surface area contributed by atoms with Gasteiger partial charge in [-0.25, -0.2) is 4.98 Å². The number of fused-ring (bicyclic) bond motifs is 4. The molecule has 4 heterocycles. The third kappa shape index (κ3) is 3.30. The van der Waals surface area contributed by atoms with Gasteiger partial charge in [0.25, 0.3) is 0 Å². The molecule has 1 spiro atoms. The third-order valence-electron chi connectivity index (χ3n) is 7.04. The van der Waals surface area contributed by atoms with Gasteiger partial charge >= 0.3 is 0 Å². The Morgan fingerprint density at radius 1 is 1.23 bits per heavy atom. The van der Waals surface area contributed by atoms with Crippen molar-refractivity contribution in [3.05, 3.63) is 42.4 Å². The van der Waals surface area contributed by atoms with Crippen LogP contribution in [-0.2, 0) is 15.1 Å². The fourth-order valence-electron chi connectivity index (χ4n) is 5.69. The molecule has 1 atom stereocenters. The molecule has 3 aliphatic rings. The highest BCUT2D eigenvalue weighted by atomic mass is 16.2. The lowest BCUT2D eigenvalue weighted by Crippen LogP contribution is -2.56. The Bertz CT molecular complexity index is 993. The van der Waals surface area contributed by atoms with Crippen LogP contribution in [0.4, 0.5) is 5.69 Å². The van der Waals surface area contributed by atoms with Crippen molar-refractivity contribution in [1.29, 1.82) is 0 Å². The molecular formula is C24H31N5O2. The summed E-state index contributed by atoms with van der Waals surface area (Å²) in [6.45, 7) is 5.52. The quantitative estimate of drug-likeness (QED) is 0.824. The number of amides is 2. The van der Waals surface area contributed by atoms with Crippen LogP contribution in [0.1, 0.15) is 51.6 Å². The molecule has 0 unspecified atom stereocenters. The molecule has 1 N–H and O–H groups in total. The maximum Gasteiger partial charge on any atom is 0.239 e. The average Bonchev–Trinajstić information content (AvgIpc) is 3.51. The topological polar surface area (TPSA) is 70.5 Å². The largest absolute Gasteiger partial charge is 0.352 e. The second-order valence-corrected chi connectivity index (χ2v) is 9.44. The Balaban J connectivity index is 1.54. The Hall–Kier alpha value is -2.83. The maximum absolute atomic E-state index is 13.3. The number of anilines is 1. The molecule has 1 aliphatic carbocycles. The molecule has 2 aromatic rings. The lowest BCUT2D eigenvalue weighted by Gasteiger charge is -2.46. The zero-order valence-corrected chi connectivity index (χ0v) is 18.4. The van der Waals surface area contributed by atoms with Crippen molar-refractivity contribution in [1.82, 2.24) is 19.8 Å². The molecule has 1 saturated carbocycles. The molecule has 2 fully saturated rings. The Kier molecular flexibility index (Phi) is 4.99. The molecule has 2 amide bonds. The number of rotatable bonds is 4. The molecule has 1 saturated heterocycles. The minimum absolute atomic E-state index is 0.00949. The summed E-state index contributed by atoms with van der Waals surface area (Å²) in [6.07, 6.45) is 8.95. The molecule has 5 rings (SSSR count).